The van der Waals surface area contributed by atoms with Crippen molar-refractivity contribution in [1.82, 2.24) is 9.38 Å². The number of aromatic nitrogens is 2. The number of imidazole rings is 1. The molecule has 0 saturated heterocycles. The second-order valence-electron chi connectivity index (χ2n) is 5.82. The second kappa shape index (κ2) is 2.91. The van der Waals surface area contributed by atoms with E-state index in [4.69, 9.17) is 9.72 Å². The van der Waals surface area contributed by atoms with Gasteiger partial charge in [0.05, 0.1) is 11.4 Å². The Kier molecular flexibility index (Phi) is 1.84. The van der Waals surface area contributed by atoms with Gasteiger partial charge in [-0.3, -0.25) is 0 Å². The molecule has 0 fully saturated rings. The van der Waals surface area contributed by atoms with Crippen molar-refractivity contribution in [2.75, 3.05) is 0 Å². The molecule has 0 radical (unpaired) electrons. The molecule has 1 aliphatic rings. The molecule has 0 spiro atoms. The van der Waals surface area contributed by atoms with Crippen LogP contribution >= 0.6 is 0 Å². The van der Waals surface area contributed by atoms with Crippen LogP contribution in [0.4, 0.5) is 0 Å². The minimum Gasteiger partial charge on any atom is -0.357 e. The van der Waals surface area contributed by atoms with Crippen molar-refractivity contribution in [3.8, 4) is 0 Å². The van der Waals surface area contributed by atoms with E-state index in [0.29, 0.717) is 0 Å². The van der Waals surface area contributed by atoms with Gasteiger partial charge >= 0.3 is 0 Å². The fourth-order valence-corrected chi connectivity index (χ4v) is 2.93. The van der Waals surface area contributed by atoms with Crippen LogP contribution in [0.25, 0.3) is 5.65 Å². The number of hydrogen-bond acceptors (Lipinski definition) is 2. The highest BCUT2D eigenvalue weighted by Gasteiger charge is 2.47. The van der Waals surface area contributed by atoms with Gasteiger partial charge in [-0.2, -0.15) is 0 Å². The Morgan fingerprint density at radius 3 is 2.59 bits per heavy atom. The number of aryl methyl sites for hydroxylation is 1. The molecule has 90 valence electrons. The lowest BCUT2D eigenvalue weighted by Crippen LogP contribution is -2.24. The fourth-order valence-electron chi connectivity index (χ4n) is 2.93. The van der Waals surface area contributed by atoms with Gasteiger partial charge in [0, 0.05) is 6.20 Å². The molecule has 2 aromatic heterocycles. The molecule has 1 aliphatic heterocycles. The summed E-state index contributed by atoms with van der Waals surface area (Å²) in [5.74, 6) is 0. The SMILES string of the molecule is Cc1cccn2c3c(nc12)C(C)(C)OC3(C)C. The van der Waals surface area contributed by atoms with E-state index in [9.17, 15) is 0 Å². The zero-order valence-corrected chi connectivity index (χ0v) is 11.0. The van der Waals surface area contributed by atoms with Crippen LogP contribution in [0.15, 0.2) is 18.3 Å². The lowest BCUT2D eigenvalue weighted by molar-refractivity contribution is -0.108. The van der Waals surface area contributed by atoms with Crippen molar-refractivity contribution in [3.05, 3.63) is 35.3 Å². The quantitative estimate of drug-likeness (QED) is 0.695. The molecule has 0 aliphatic carbocycles. The molecule has 3 nitrogen and oxygen atoms in total. The highest BCUT2D eigenvalue weighted by atomic mass is 16.5. The lowest BCUT2D eigenvalue weighted by atomic mass is 10.0. The molecule has 3 heterocycles. The summed E-state index contributed by atoms with van der Waals surface area (Å²) in [6.07, 6.45) is 2.07. The highest BCUT2D eigenvalue weighted by molar-refractivity contribution is 5.53. The van der Waals surface area contributed by atoms with E-state index >= 15 is 0 Å². The van der Waals surface area contributed by atoms with E-state index in [1.54, 1.807) is 0 Å². The van der Waals surface area contributed by atoms with Gasteiger partial charge in [0.25, 0.3) is 0 Å². The number of nitrogens with zero attached hydrogens (tertiary/aromatic N) is 2. The third-order valence-corrected chi connectivity index (χ3v) is 3.50. The van der Waals surface area contributed by atoms with Gasteiger partial charge in [0.2, 0.25) is 0 Å². The third kappa shape index (κ3) is 1.29. The smallest absolute Gasteiger partial charge is 0.140 e. The monoisotopic (exact) mass is 230 g/mol. The molecular formula is C14H18N2O. The maximum Gasteiger partial charge on any atom is 0.140 e. The number of hydrogen-bond donors (Lipinski definition) is 0. The van der Waals surface area contributed by atoms with E-state index < -0.39 is 0 Å². The zero-order chi connectivity index (χ0) is 12.4. The Labute approximate surface area is 101 Å². The maximum atomic E-state index is 6.11. The lowest BCUT2D eigenvalue weighted by Gasteiger charge is -2.25. The Morgan fingerprint density at radius 2 is 1.88 bits per heavy atom. The molecule has 0 unspecified atom stereocenters. The van der Waals surface area contributed by atoms with Crippen LogP contribution in [-0.4, -0.2) is 9.38 Å². The molecule has 3 rings (SSSR count). The summed E-state index contributed by atoms with van der Waals surface area (Å²) in [4.78, 5) is 4.78. The molecule has 0 aromatic carbocycles. The van der Waals surface area contributed by atoms with Crippen molar-refractivity contribution in [1.29, 1.82) is 0 Å². The Balaban J connectivity index is 2.45. The molecule has 17 heavy (non-hydrogen) atoms. The first-order valence-electron chi connectivity index (χ1n) is 6.02. The Hall–Kier alpha value is -1.35. The van der Waals surface area contributed by atoms with Gasteiger partial charge in [-0.25, -0.2) is 4.98 Å². The van der Waals surface area contributed by atoms with Crippen LogP contribution in [0.1, 0.15) is 44.6 Å². The predicted octanol–water partition coefficient (Wildman–Crippen LogP) is 3.14. The summed E-state index contributed by atoms with van der Waals surface area (Å²) in [6, 6.07) is 4.16. The second-order valence-corrected chi connectivity index (χ2v) is 5.82. The minimum atomic E-state index is -0.308. The van der Waals surface area contributed by atoms with Crippen LogP contribution in [-0.2, 0) is 15.9 Å². The number of pyridine rings is 1. The van der Waals surface area contributed by atoms with E-state index in [1.165, 1.54) is 11.3 Å². The van der Waals surface area contributed by atoms with Crippen LogP contribution in [0.5, 0.6) is 0 Å². The largest absolute Gasteiger partial charge is 0.357 e. The normalized spacial score (nSPS) is 20.8. The van der Waals surface area contributed by atoms with Crippen molar-refractivity contribution in [2.45, 2.75) is 45.8 Å². The molecule has 3 heteroatoms. The first-order valence-corrected chi connectivity index (χ1v) is 6.02. The fraction of sp³-hybridized carbons (Fsp3) is 0.500. The summed E-state index contributed by atoms with van der Waals surface area (Å²) in [5, 5.41) is 0. The van der Waals surface area contributed by atoms with Gasteiger partial charge < -0.3 is 9.14 Å². The topological polar surface area (TPSA) is 26.5 Å². The van der Waals surface area contributed by atoms with Crippen LogP contribution in [0, 0.1) is 6.92 Å². The highest BCUT2D eigenvalue weighted by Crippen LogP contribution is 2.46. The first kappa shape index (κ1) is 10.8. The van der Waals surface area contributed by atoms with Crippen LogP contribution in [0.3, 0.4) is 0 Å². The van der Waals surface area contributed by atoms with Crippen molar-refractivity contribution >= 4 is 5.65 Å². The first-order chi connectivity index (χ1) is 7.83. The van der Waals surface area contributed by atoms with Crippen molar-refractivity contribution < 1.29 is 4.74 Å². The third-order valence-electron chi connectivity index (χ3n) is 3.50. The predicted molar refractivity (Wildman–Crippen MR) is 67.1 cm³/mol. The van der Waals surface area contributed by atoms with E-state index in [2.05, 4.69) is 57.3 Å². The number of ether oxygens (including phenoxy) is 1. The molecule has 0 bridgehead atoms. The summed E-state index contributed by atoms with van der Waals surface area (Å²) in [5.41, 5.74) is 3.90. The van der Waals surface area contributed by atoms with Gasteiger partial charge in [0.15, 0.2) is 0 Å². The molecule has 0 saturated carbocycles. The van der Waals surface area contributed by atoms with Gasteiger partial charge in [-0.15, -0.1) is 0 Å². The molecule has 0 amide bonds. The van der Waals surface area contributed by atoms with Gasteiger partial charge in [-0.05, 0) is 46.2 Å². The Morgan fingerprint density at radius 1 is 1.18 bits per heavy atom. The summed E-state index contributed by atoms with van der Waals surface area (Å²) < 4.78 is 8.28. The average Bonchev–Trinajstić information content (AvgIpc) is 2.64. The molecular weight excluding hydrogens is 212 g/mol. The van der Waals surface area contributed by atoms with E-state index in [0.717, 1.165) is 11.3 Å². The summed E-state index contributed by atoms with van der Waals surface area (Å²) in [7, 11) is 0. The zero-order valence-electron chi connectivity index (χ0n) is 11.0. The minimum absolute atomic E-state index is 0.286. The van der Waals surface area contributed by atoms with E-state index in [-0.39, 0.29) is 11.2 Å². The summed E-state index contributed by atoms with van der Waals surface area (Å²) >= 11 is 0. The molecule has 0 atom stereocenters. The van der Waals surface area contributed by atoms with Gasteiger partial charge in [-0.1, -0.05) is 6.07 Å². The standard InChI is InChI=1S/C14H18N2O/c1-9-7-6-8-16-11-10(15-12(9)16)13(2,3)17-14(11,4)5/h6-8H,1-5H3. The van der Waals surface area contributed by atoms with Crippen LogP contribution in [0.2, 0.25) is 0 Å². The average molecular weight is 230 g/mol. The van der Waals surface area contributed by atoms with Gasteiger partial charge in [0.1, 0.15) is 16.8 Å². The maximum absolute atomic E-state index is 6.11. The molecule has 2 aromatic rings. The number of fused-ring (bicyclic) bond motifs is 3. The van der Waals surface area contributed by atoms with Crippen molar-refractivity contribution in [3.63, 3.8) is 0 Å². The molecule has 0 N–H and O–H groups in total. The van der Waals surface area contributed by atoms with Crippen molar-refractivity contribution in [2.24, 2.45) is 0 Å². The Bertz CT molecular complexity index is 608. The van der Waals surface area contributed by atoms with E-state index in [1.807, 2.05) is 0 Å². The summed E-state index contributed by atoms with van der Waals surface area (Å²) in [6.45, 7) is 10.5. The number of rotatable bonds is 0. The van der Waals surface area contributed by atoms with Crippen LogP contribution < -0.4 is 0 Å².